The molecule has 0 bridgehead atoms. The van der Waals surface area contributed by atoms with Crippen LogP contribution in [0.1, 0.15) is 105 Å². The van der Waals surface area contributed by atoms with Crippen LogP contribution in [0, 0.1) is 52.3 Å². The van der Waals surface area contributed by atoms with Gasteiger partial charge in [0.1, 0.15) is 0 Å². The molecule has 4 aliphatic rings. The lowest BCUT2D eigenvalue weighted by molar-refractivity contribution is -0.203. The van der Waals surface area contributed by atoms with Gasteiger partial charge in [-0.25, -0.2) is 4.79 Å². The van der Waals surface area contributed by atoms with Crippen LogP contribution >= 0.6 is 0 Å². The van der Waals surface area contributed by atoms with Crippen molar-refractivity contribution in [2.24, 2.45) is 52.3 Å². The molecule has 0 aliphatic heterocycles. The van der Waals surface area contributed by atoms with E-state index in [9.17, 15) is 15.0 Å². The highest BCUT2D eigenvalue weighted by molar-refractivity contribution is 5.66. The molecule has 0 radical (unpaired) electrons. The number of hydrogen-bond donors (Lipinski definition) is 3. The number of unbranched alkanes of at least 4 members (excludes halogenated alkanes) is 1. The van der Waals surface area contributed by atoms with Gasteiger partial charge in [-0.2, -0.15) is 0 Å². The van der Waals surface area contributed by atoms with Crippen molar-refractivity contribution >= 4 is 6.09 Å². The van der Waals surface area contributed by atoms with Crippen LogP contribution in [0.5, 0.6) is 0 Å². The summed E-state index contributed by atoms with van der Waals surface area (Å²) in [6.45, 7) is 12.9. The summed E-state index contributed by atoms with van der Waals surface area (Å²) in [7, 11) is 0. The van der Waals surface area contributed by atoms with Gasteiger partial charge in [0.15, 0.2) is 0 Å². The van der Waals surface area contributed by atoms with E-state index in [0.717, 1.165) is 44.9 Å². The maximum absolute atomic E-state index is 12.0. The van der Waals surface area contributed by atoms with Gasteiger partial charge in [-0.05, 0) is 110 Å². The molecule has 11 atom stereocenters. The van der Waals surface area contributed by atoms with E-state index in [1.807, 2.05) is 0 Å². The lowest BCUT2D eigenvalue weighted by Gasteiger charge is -2.64. The second kappa shape index (κ2) is 10.9. The molecule has 3 N–H and O–H groups in total. The summed E-state index contributed by atoms with van der Waals surface area (Å²) >= 11 is 0. The number of ether oxygens (including phenoxy) is 1. The van der Waals surface area contributed by atoms with Gasteiger partial charge < -0.3 is 20.3 Å². The molecule has 0 aromatic rings. The van der Waals surface area contributed by atoms with Crippen molar-refractivity contribution in [2.75, 3.05) is 13.2 Å². The van der Waals surface area contributed by atoms with Gasteiger partial charge in [-0.1, -0.05) is 47.5 Å². The molecular weight excluding hydrogens is 438 g/mol. The number of hydrogen-bond acceptors (Lipinski definition) is 4. The summed E-state index contributed by atoms with van der Waals surface area (Å²) < 4.78 is 5.49. The Kier molecular flexibility index (Phi) is 8.47. The molecule has 4 aliphatic carbocycles. The molecule has 5 nitrogen and oxygen atoms in total. The van der Waals surface area contributed by atoms with Crippen LogP contribution < -0.4 is 5.32 Å². The molecule has 0 heterocycles. The highest BCUT2D eigenvalue weighted by atomic mass is 16.5. The molecule has 0 aromatic carbocycles. The van der Waals surface area contributed by atoms with E-state index in [-0.39, 0.29) is 29.1 Å². The number of aliphatic hydroxyl groups excluding tert-OH is 2. The smallest absolute Gasteiger partial charge is 0.407 e. The predicted octanol–water partition coefficient (Wildman–Crippen LogP) is 6.17. The van der Waals surface area contributed by atoms with Gasteiger partial charge in [0.05, 0.1) is 18.8 Å². The molecule has 4 rings (SSSR count). The maximum atomic E-state index is 12.0. The third-order valence-corrected chi connectivity index (χ3v) is 11.8. The lowest BCUT2D eigenvalue weighted by Crippen LogP contribution is -2.62. The summed E-state index contributed by atoms with van der Waals surface area (Å²) in [6.07, 6.45) is 11.1. The fraction of sp³-hybridized carbons (Fsp3) is 0.967. The van der Waals surface area contributed by atoms with E-state index in [2.05, 4.69) is 39.9 Å². The van der Waals surface area contributed by atoms with Crippen molar-refractivity contribution in [1.82, 2.24) is 5.32 Å². The zero-order chi connectivity index (χ0) is 25.4. The Morgan fingerprint density at radius 1 is 1.03 bits per heavy atom. The first-order valence-corrected chi connectivity index (χ1v) is 14.9. The van der Waals surface area contributed by atoms with E-state index in [0.29, 0.717) is 54.6 Å². The molecule has 202 valence electrons. The molecule has 0 aromatic heterocycles. The molecule has 4 saturated carbocycles. The number of carbonyl (C=O) groups excluding carboxylic acids is 1. The number of amides is 1. The Hall–Kier alpha value is -0.810. The van der Waals surface area contributed by atoms with Crippen LogP contribution in [0.3, 0.4) is 0 Å². The molecule has 0 spiro atoms. The van der Waals surface area contributed by atoms with E-state index in [4.69, 9.17) is 4.74 Å². The van der Waals surface area contributed by atoms with Crippen LogP contribution in [0.25, 0.3) is 0 Å². The van der Waals surface area contributed by atoms with Crippen molar-refractivity contribution in [3.05, 3.63) is 0 Å². The van der Waals surface area contributed by atoms with Crippen LogP contribution in [-0.4, -0.2) is 41.7 Å². The average molecular weight is 492 g/mol. The minimum absolute atomic E-state index is 0.188. The third kappa shape index (κ3) is 4.90. The quantitative estimate of drug-likeness (QED) is 0.355. The Labute approximate surface area is 214 Å². The van der Waals surface area contributed by atoms with Crippen LogP contribution in [-0.2, 0) is 4.74 Å². The summed E-state index contributed by atoms with van der Waals surface area (Å²) in [6, 6.07) is 0. The SMILES string of the molecule is CCCCNC(=O)OCC[C@@H](C)[C@H]1CC[C@H]2C3[C@H](O)[C@H](CC)C4C[C@H](O)CCC4(C)[C@H]3CCC12C. The van der Waals surface area contributed by atoms with Crippen molar-refractivity contribution in [3.8, 4) is 0 Å². The van der Waals surface area contributed by atoms with Gasteiger partial charge >= 0.3 is 6.09 Å². The zero-order valence-electron chi connectivity index (χ0n) is 23.1. The maximum Gasteiger partial charge on any atom is 0.407 e. The Morgan fingerprint density at radius 3 is 2.46 bits per heavy atom. The predicted molar refractivity (Wildman–Crippen MR) is 140 cm³/mol. The molecule has 4 fully saturated rings. The van der Waals surface area contributed by atoms with E-state index >= 15 is 0 Å². The number of fused-ring (bicyclic) bond motifs is 5. The van der Waals surface area contributed by atoms with Gasteiger partial charge in [-0.3, -0.25) is 0 Å². The number of alkyl carbamates (subject to hydrolysis) is 1. The zero-order valence-corrected chi connectivity index (χ0v) is 23.1. The second-order valence-electron chi connectivity index (χ2n) is 13.3. The van der Waals surface area contributed by atoms with E-state index in [1.165, 1.54) is 25.7 Å². The van der Waals surface area contributed by atoms with Crippen molar-refractivity contribution in [3.63, 3.8) is 0 Å². The molecule has 5 heteroatoms. The topological polar surface area (TPSA) is 78.8 Å². The van der Waals surface area contributed by atoms with E-state index < -0.39 is 0 Å². The number of nitrogens with one attached hydrogen (secondary N) is 1. The Balaban J connectivity index is 1.43. The first-order chi connectivity index (χ1) is 16.7. The van der Waals surface area contributed by atoms with E-state index in [1.54, 1.807) is 0 Å². The van der Waals surface area contributed by atoms with Gasteiger partial charge in [0.25, 0.3) is 0 Å². The highest BCUT2D eigenvalue weighted by Gasteiger charge is 2.64. The summed E-state index contributed by atoms with van der Waals surface area (Å²) in [5.41, 5.74) is 0.522. The van der Waals surface area contributed by atoms with Crippen LogP contribution in [0.4, 0.5) is 4.79 Å². The first kappa shape index (κ1) is 27.2. The Morgan fingerprint density at radius 2 is 1.74 bits per heavy atom. The fourth-order valence-electron chi connectivity index (χ4n) is 9.89. The fourth-order valence-corrected chi connectivity index (χ4v) is 9.89. The summed E-state index contributed by atoms with van der Waals surface area (Å²) in [5, 5.41) is 25.2. The number of carbonyl (C=O) groups is 1. The van der Waals surface area contributed by atoms with Gasteiger partial charge in [0.2, 0.25) is 0 Å². The lowest BCUT2D eigenvalue weighted by atomic mass is 9.41. The van der Waals surface area contributed by atoms with Crippen molar-refractivity contribution in [2.45, 2.75) is 117 Å². The van der Waals surface area contributed by atoms with Crippen molar-refractivity contribution in [1.29, 1.82) is 0 Å². The molecule has 4 unspecified atom stereocenters. The van der Waals surface area contributed by atoms with Gasteiger partial charge in [0, 0.05) is 6.54 Å². The van der Waals surface area contributed by atoms with Crippen LogP contribution in [0.2, 0.25) is 0 Å². The minimum atomic E-state index is -0.280. The minimum Gasteiger partial charge on any atom is -0.450 e. The molecular formula is C30H53NO4. The standard InChI is InChI=1S/C30H53NO4/c1-6-8-16-31-28(34)35-17-13-19(3)22-9-10-23-26-24(12-15-29(22,23)4)30(5)14-11-20(32)18-25(30)21(7-2)27(26)33/h19-27,32-33H,6-18H2,1-5H3,(H,31,34)/t19-,20-,21-,22-,23+,24+,25?,26?,27-,29?,30?/m1/s1. The highest BCUT2D eigenvalue weighted by Crippen LogP contribution is 2.69. The molecule has 1 amide bonds. The second-order valence-corrected chi connectivity index (χ2v) is 13.3. The number of aliphatic hydroxyl groups is 2. The first-order valence-electron chi connectivity index (χ1n) is 14.9. The van der Waals surface area contributed by atoms with Crippen LogP contribution in [0.15, 0.2) is 0 Å². The summed E-state index contributed by atoms with van der Waals surface area (Å²) in [5.74, 6) is 3.48. The largest absolute Gasteiger partial charge is 0.450 e. The average Bonchev–Trinajstić information content (AvgIpc) is 3.18. The third-order valence-electron chi connectivity index (χ3n) is 11.8. The summed E-state index contributed by atoms with van der Waals surface area (Å²) in [4.78, 5) is 12.0. The molecule has 0 saturated heterocycles. The monoisotopic (exact) mass is 491 g/mol. The Bertz CT molecular complexity index is 729. The van der Waals surface area contributed by atoms with Crippen molar-refractivity contribution < 1.29 is 19.7 Å². The number of rotatable bonds is 8. The normalized spacial score (nSPS) is 45.7. The van der Waals surface area contributed by atoms with Gasteiger partial charge in [-0.15, -0.1) is 0 Å². The molecule has 35 heavy (non-hydrogen) atoms.